The van der Waals surface area contributed by atoms with E-state index in [1.165, 1.54) is 25.7 Å². The average molecular weight is 196 g/mol. The molecule has 0 heterocycles. The summed E-state index contributed by atoms with van der Waals surface area (Å²) in [4.78, 5) is 0. The van der Waals surface area contributed by atoms with Gasteiger partial charge in [-0.2, -0.15) is 0 Å². The highest BCUT2D eigenvalue weighted by Crippen LogP contribution is 2.45. The molecule has 0 amide bonds. The highest BCUT2D eigenvalue weighted by Gasteiger charge is 2.33. The second-order valence-electron chi connectivity index (χ2n) is 7.54. The van der Waals surface area contributed by atoms with Gasteiger partial charge in [0.1, 0.15) is 0 Å². The predicted octanol–water partition coefficient (Wildman–Crippen LogP) is 4.89. The summed E-state index contributed by atoms with van der Waals surface area (Å²) in [5.74, 6) is 1.90. The van der Waals surface area contributed by atoms with Crippen LogP contribution in [0, 0.1) is 22.7 Å². The van der Waals surface area contributed by atoms with Crippen molar-refractivity contribution in [1.82, 2.24) is 0 Å². The number of hydrogen-bond acceptors (Lipinski definition) is 0. The van der Waals surface area contributed by atoms with Crippen LogP contribution in [0.25, 0.3) is 0 Å². The zero-order chi connectivity index (χ0) is 11.0. The lowest BCUT2D eigenvalue weighted by Gasteiger charge is -2.41. The molecule has 1 aliphatic rings. The molecule has 0 saturated heterocycles. The van der Waals surface area contributed by atoms with Gasteiger partial charge in [-0.15, -0.1) is 0 Å². The smallest absolute Gasteiger partial charge is 0.0349 e. The average Bonchev–Trinajstić information content (AvgIpc) is 1.74. The Morgan fingerprint density at radius 3 is 2.14 bits per heavy atom. The van der Waals surface area contributed by atoms with Crippen LogP contribution < -0.4 is 0 Å². The van der Waals surface area contributed by atoms with Crippen molar-refractivity contribution in [3.63, 3.8) is 0 Å². The molecule has 0 bridgehead atoms. The lowest BCUT2D eigenvalue weighted by molar-refractivity contribution is 0.104. The summed E-state index contributed by atoms with van der Waals surface area (Å²) in [7, 11) is 0. The fourth-order valence-corrected chi connectivity index (χ4v) is 3.57. The van der Waals surface area contributed by atoms with Crippen LogP contribution in [0.2, 0.25) is 0 Å². The van der Waals surface area contributed by atoms with Crippen LogP contribution in [-0.4, -0.2) is 0 Å². The van der Waals surface area contributed by atoms with E-state index in [1.54, 1.807) is 0 Å². The molecule has 0 aliphatic heterocycles. The van der Waals surface area contributed by atoms with Crippen LogP contribution in [0.5, 0.6) is 0 Å². The maximum atomic E-state index is 2.44. The Labute approximate surface area is 90.5 Å². The fraction of sp³-hybridized carbons (Fsp3) is 1.00. The molecule has 0 heteroatoms. The van der Waals surface area contributed by atoms with E-state index < -0.39 is 0 Å². The number of hydrogen-bond donors (Lipinski definition) is 0. The maximum absolute atomic E-state index is 2.44. The quantitative estimate of drug-likeness (QED) is 0.560. The lowest BCUT2D eigenvalue weighted by atomic mass is 9.65. The summed E-state index contributed by atoms with van der Waals surface area (Å²) in [6.07, 6.45) is 5.73. The summed E-state index contributed by atoms with van der Waals surface area (Å²) in [6.45, 7) is 14.4. The SMILES string of the molecule is CC1CC(CC(C)(C)C)CC(C)(C)C1. The molecule has 0 spiro atoms. The van der Waals surface area contributed by atoms with Crippen molar-refractivity contribution in [2.24, 2.45) is 22.7 Å². The first kappa shape index (κ1) is 12.1. The molecular formula is C14H28. The van der Waals surface area contributed by atoms with Crippen LogP contribution in [-0.2, 0) is 0 Å². The molecule has 1 saturated carbocycles. The molecule has 0 aromatic carbocycles. The highest BCUT2D eigenvalue weighted by atomic mass is 14.4. The van der Waals surface area contributed by atoms with Gasteiger partial charge in [-0.25, -0.2) is 0 Å². The van der Waals surface area contributed by atoms with Crippen molar-refractivity contribution in [1.29, 1.82) is 0 Å². The first-order valence-electron chi connectivity index (χ1n) is 6.18. The molecule has 14 heavy (non-hydrogen) atoms. The van der Waals surface area contributed by atoms with E-state index in [4.69, 9.17) is 0 Å². The third kappa shape index (κ3) is 4.02. The minimum Gasteiger partial charge on any atom is -0.0625 e. The normalized spacial score (nSPS) is 33.0. The summed E-state index contributed by atoms with van der Waals surface area (Å²) >= 11 is 0. The molecule has 0 aromatic heterocycles. The largest absolute Gasteiger partial charge is 0.0625 e. The van der Waals surface area contributed by atoms with Crippen LogP contribution in [0.15, 0.2) is 0 Å². The predicted molar refractivity (Wildman–Crippen MR) is 64.4 cm³/mol. The second kappa shape index (κ2) is 3.87. The summed E-state index contributed by atoms with van der Waals surface area (Å²) < 4.78 is 0. The summed E-state index contributed by atoms with van der Waals surface area (Å²) in [5.41, 5.74) is 1.10. The van der Waals surface area contributed by atoms with Gasteiger partial charge in [0.15, 0.2) is 0 Å². The van der Waals surface area contributed by atoms with Crippen molar-refractivity contribution >= 4 is 0 Å². The molecule has 84 valence electrons. The van der Waals surface area contributed by atoms with Gasteiger partial charge in [-0.05, 0) is 48.3 Å². The summed E-state index contributed by atoms with van der Waals surface area (Å²) in [5, 5.41) is 0. The van der Waals surface area contributed by atoms with E-state index in [9.17, 15) is 0 Å². The molecule has 1 rings (SSSR count). The minimum absolute atomic E-state index is 0.512. The molecule has 1 fully saturated rings. The van der Waals surface area contributed by atoms with Gasteiger partial charge in [0, 0.05) is 0 Å². The zero-order valence-electron chi connectivity index (χ0n) is 11.0. The lowest BCUT2D eigenvalue weighted by Crippen LogP contribution is -2.29. The van der Waals surface area contributed by atoms with E-state index in [-0.39, 0.29) is 0 Å². The van der Waals surface area contributed by atoms with Gasteiger partial charge >= 0.3 is 0 Å². The third-order valence-electron chi connectivity index (χ3n) is 3.38. The Bertz CT molecular complexity index is 181. The maximum Gasteiger partial charge on any atom is -0.0349 e. The third-order valence-corrected chi connectivity index (χ3v) is 3.38. The van der Waals surface area contributed by atoms with E-state index in [2.05, 4.69) is 41.5 Å². The van der Waals surface area contributed by atoms with Gasteiger partial charge < -0.3 is 0 Å². The van der Waals surface area contributed by atoms with Crippen molar-refractivity contribution in [2.75, 3.05) is 0 Å². The molecule has 1 aliphatic carbocycles. The van der Waals surface area contributed by atoms with Gasteiger partial charge in [0.2, 0.25) is 0 Å². The second-order valence-corrected chi connectivity index (χ2v) is 7.54. The van der Waals surface area contributed by atoms with Crippen molar-refractivity contribution in [3.05, 3.63) is 0 Å². The van der Waals surface area contributed by atoms with Crippen molar-refractivity contribution < 1.29 is 0 Å². The van der Waals surface area contributed by atoms with Gasteiger partial charge in [0.25, 0.3) is 0 Å². The minimum atomic E-state index is 0.512. The monoisotopic (exact) mass is 196 g/mol. The number of rotatable bonds is 1. The topological polar surface area (TPSA) is 0 Å². The fourth-order valence-electron chi connectivity index (χ4n) is 3.57. The van der Waals surface area contributed by atoms with Crippen molar-refractivity contribution in [3.8, 4) is 0 Å². The first-order chi connectivity index (χ1) is 6.18. The Balaban J connectivity index is 2.54. The zero-order valence-corrected chi connectivity index (χ0v) is 11.0. The van der Waals surface area contributed by atoms with Crippen LogP contribution >= 0.6 is 0 Å². The molecular weight excluding hydrogens is 168 g/mol. The van der Waals surface area contributed by atoms with Crippen molar-refractivity contribution in [2.45, 2.75) is 67.2 Å². The standard InChI is InChI=1S/C14H28/c1-11-7-12(9-13(2,3)4)10-14(5,6)8-11/h11-12H,7-10H2,1-6H3. The molecule has 2 atom stereocenters. The highest BCUT2D eigenvalue weighted by molar-refractivity contribution is 4.84. The van der Waals surface area contributed by atoms with Crippen LogP contribution in [0.4, 0.5) is 0 Å². The van der Waals surface area contributed by atoms with E-state index in [0.717, 1.165) is 11.8 Å². The molecule has 0 nitrogen and oxygen atoms in total. The summed E-state index contributed by atoms with van der Waals surface area (Å²) in [6, 6.07) is 0. The Morgan fingerprint density at radius 1 is 1.14 bits per heavy atom. The molecule has 0 radical (unpaired) electrons. The molecule has 0 aromatic rings. The van der Waals surface area contributed by atoms with Gasteiger partial charge in [-0.1, -0.05) is 41.5 Å². The molecule has 0 N–H and O–H groups in total. The van der Waals surface area contributed by atoms with Crippen LogP contribution in [0.3, 0.4) is 0 Å². The van der Waals surface area contributed by atoms with Crippen LogP contribution in [0.1, 0.15) is 67.2 Å². The Kier molecular flexibility index (Phi) is 3.33. The Hall–Kier alpha value is 0. The van der Waals surface area contributed by atoms with E-state index in [1.807, 2.05) is 0 Å². The van der Waals surface area contributed by atoms with E-state index >= 15 is 0 Å². The van der Waals surface area contributed by atoms with Gasteiger partial charge in [-0.3, -0.25) is 0 Å². The van der Waals surface area contributed by atoms with E-state index in [0.29, 0.717) is 10.8 Å². The first-order valence-corrected chi connectivity index (χ1v) is 6.18. The Morgan fingerprint density at radius 2 is 1.71 bits per heavy atom. The van der Waals surface area contributed by atoms with Gasteiger partial charge in [0.05, 0.1) is 0 Å². The molecule has 2 unspecified atom stereocenters.